The van der Waals surface area contributed by atoms with Gasteiger partial charge in [0, 0.05) is 23.9 Å². The van der Waals surface area contributed by atoms with Gasteiger partial charge in [0.05, 0.1) is 7.11 Å². The van der Waals surface area contributed by atoms with E-state index in [0.29, 0.717) is 17.0 Å². The molecule has 0 spiro atoms. The number of hydrogen-bond donors (Lipinski definition) is 2. The predicted octanol–water partition coefficient (Wildman–Crippen LogP) is 2.48. The molecule has 2 aromatic carbocycles. The zero-order chi connectivity index (χ0) is 16.7. The maximum absolute atomic E-state index is 13.4. The maximum atomic E-state index is 13.4. The summed E-state index contributed by atoms with van der Waals surface area (Å²) < 4.78 is 18.5. The quantitative estimate of drug-likeness (QED) is 0.805. The number of anilines is 1. The van der Waals surface area contributed by atoms with E-state index in [2.05, 4.69) is 10.6 Å². The van der Waals surface area contributed by atoms with Gasteiger partial charge in [0.15, 0.2) is 0 Å². The Labute approximate surface area is 133 Å². The van der Waals surface area contributed by atoms with Gasteiger partial charge >= 0.3 is 0 Å². The summed E-state index contributed by atoms with van der Waals surface area (Å²) in [5.74, 6) is -0.724. The van der Waals surface area contributed by atoms with Gasteiger partial charge in [0.2, 0.25) is 11.8 Å². The van der Waals surface area contributed by atoms with Crippen molar-refractivity contribution >= 4 is 17.5 Å². The first-order valence-electron chi connectivity index (χ1n) is 7.02. The van der Waals surface area contributed by atoms with E-state index in [4.69, 9.17) is 4.74 Å². The summed E-state index contributed by atoms with van der Waals surface area (Å²) in [5.41, 5.74) is 0.908. The average Bonchev–Trinajstić information content (AvgIpc) is 2.54. The minimum Gasteiger partial charge on any atom is -0.497 e. The van der Waals surface area contributed by atoms with Crippen molar-refractivity contribution in [2.45, 2.75) is 13.0 Å². The lowest BCUT2D eigenvalue weighted by molar-refractivity contribution is -0.126. The number of benzene rings is 2. The Morgan fingerprint density at radius 1 is 1.09 bits per heavy atom. The lowest BCUT2D eigenvalue weighted by Gasteiger charge is -2.08. The summed E-state index contributed by atoms with van der Waals surface area (Å²) in [4.78, 5) is 23.5. The molecule has 0 saturated heterocycles. The monoisotopic (exact) mass is 316 g/mol. The molecule has 120 valence electrons. The summed E-state index contributed by atoms with van der Waals surface area (Å²) in [6.07, 6.45) is -0.342. The van der Waals surface area contributed by atoms with Crippen LogP contribution in [0.4, 0.5) is 10.1 Å². The molecule has 0 aliphatic rings. The minimum atomic E-state index is -0.478. The number of methoxy groups -OCH3 is 1. The number of ether oxygens (including phenoxy) is 1. The molecule has 0 fully saturated rings. The number of rotatable bonds is 6. The van der Waals surface area contributed by atoms with E-state index in [1.165, 1.54) is 13.2 Å². The third-order valence-electron chi connectivity index (χ3n) is 3.11. The van der Waals surface area contributed by atoms with E-state index in [0.717, 1.165) is 0 Å². The zero-order valence-corrected chi connectivity index (χ0v) is 12.6. The zero-order valence-electron chi connectivity index (χ0n) is 12.6. The highest BCUT2D eigenvalue weighted by molar-refractivity contribution is 6.03. The van der Waals surface area contributed by atoms with E-state index in [9.17, 15) is 14.0 Å². The van der Waals surface area contributed by atoms with Crippen molar-refractivity contribution in [2.75, 3.05) is 12.4 Å². The van der Waals surface area contributed by atoms with Crippen molar-refractivity contribution in [3.63, 3.8) is 0 Å². The molecule has 5 nitrogen and oxygen atoms in total. The highest BCUT2D eigenvalue weighted by Gasteiger charge is 2.10. The van der Waals surface area contributed by atoms with E-state index < -0.39 is 17.6 Å². The van der Waals surface area contributed by atoms with Crippen LogP contribution in [0.25, 0.3) is 0 Å². The molecule has 6 heteroatoms. The molecule has 2 aromatic rings. The maximum Gasteiger partial charge on any atom is 0.233 e. The van der Waals surface area contributed by atoms with Crippen LogP contribution in [0, 0.1) is 5.82 Å². The van der Waals surface area contributed by atoms with Gasteiger partial charge in [0.1, 0.15) is 18.0 Å². The van der Waals surface area contributed by atoms with Crippen LogP contribution in [0.3, 0.4) is 0 Å². The second-order valence-electron chi connectivity index (χ2n) is 4.83. The molecule has 0 aromatic heterocycles. The van der Waals surface area contributed by atoms with Gasteiger partial charge in [0.25, 0.3) is 0 Å². The van der Waals surface area contributed by atoms with Gasteiger partial charge in [-0.2, -0.15) is 0 Å². The van der Waals surface area contributed by atoms with Crippen LogP contribution in [0.5, 0.6) is 5.75 Å². The molecule has 0 aliphatic heterocycles. The molecule has 0 unspecified atom stereocenters. The highest BCUT2D eigenvalue weighted by atomic mass is 19.1. The van der Waals surface area contributed by atoms with Crippen molar-refractivity contribution in [1.82, 2.24) is 5.32 Å². The Kier molecular flexibility index (Phi) is 5.68. The molecule has 0 atom stereocenters. The van der Waals surface area contributed by atoms with Crippen molar-refractivity contribution in [2.24, 2.45) is 0 Å². The Balaban J connectivity index is 1.82. The third-order valence-corrected chi connectivity index (χ3v) is 3.11. The lowest BCUT2D eigenvalue weighted by Crippen LogP contribution is -2.28. The van der Waals surface area contributed by atoms with E-state index in [1.807, 2.05) is 0 Å². The number of hydrogen-bond acceptors (Lipinski definition) is 3. The summed E-state index contributed by atoms with van der Waals surface area (Å²) in [6.45, 7) is 0.0396. The van der Waals surface area contributed by atoms with Crippen LogP contribution < -0.4 is 15.4 Å². The molecular weight excluding hydrogens is 299 g/mol. The Bertz CT molecular complexity index is 704. The molecule has 2 N–H and O–H groups in total. The standard InChI is InChI=1S/C17H17FN2O3/c1-23-14-7-4-6-13(9-14)20-17(22)10-16(21)19-11-12-5-2-3-8-15(12)18/h2-9H,10-11H2,1H3,(H,19,21)(H,20,22). The van der Waals surface area contributed by atoms with Gasteiger partial charge in [-0.3, -0.25) is 9.59 Å². The van der Waals surface area contributed by atoms with Crippen LogP contribution in [-0.2, 0) is 16.1 Å². The Morgan fingerprint density at radius 2 is 1.87 bits per heavy atom. The average molecular weight is 316 g/mol. The largest absolute Gasteiger partial charge is 0.497 e. The van der Waals surface area contributed by atoms with E-state index in [-0.39, 0.29) is 13.0 Å². The lowest BCUT2D eigenvalue weighted by atomic mass is 10.2. The highest BCUT2D eigenvalue weighted by Crippen LogP contribution is 2.16. The predicted molar refractivity (Wildman–Crippen MR) is 84.5 cm³/mol. The fourth-order valence-electron chi connectivity index (χ4n) is 1.95. The van der Waals surface area contributed by atoms with Crippen LogP contribution in [-0.4, -0.2) is 18.9 Å². The fourth-order valence-corrected chi connectivity index (χ4v) is 1.95. The van der Waals surface area contributed by atoms with Crippen LogP contribution in [0.2, 0.25) is 0 Å². The number of nitrogens with one attached hydrogen (secondary N) is 2. The van der Waals surface area contributed by atoms with Gasteiger partial charge in [-0.25, -0.2) is 4.39 Å². The molecule has 0 aliphatic carbocycles. The number of halogens is 1. The second-order valence-corrected chi connectivity index (χ2v) is 4.83. The number of carbonyl (C=O) groups is 2. The first-order valence-corrected chi connectivity index (χ1v) is 7.02. The topological polar surface area (TPSA) is 67.4 Å². The third kappa shape index (κ3) is 5.10. The van der Waals surface area contributed by atoms with Crippen molar-refractivity contribution in [3.8, 4) is 5.75 Å². The summed E-state index contributed by atoms with van der Waals surface area (Å²) in [7, 11) is 1.52. The van der Waals surface area contributed by atoms with Gasteiger partial charge < -0.3 is 15.4 Å². The van der Waals surface area contributed by atoms with Gasteiger partial charge in [-0.1, -0.05) is 24.3 Å². The molecule has 0 saturated carbocycles. The first-order chi connectivity index (χ1) is 11.1. The van der Waals surface area contributed by atoms with Crippen LogP contribution in [0.1, 0.15) is 12.0 Å². The smallest absolute Gasteiger partial charge is 0.233 e. The minimum absolute atomic E-state index is 0.0396. The number of amides is 2. The molecular formula is C17H17FN2O3. The number of carbonyl (C=O) groups excluding carboxylic acids is 2. The molecule has 0 bridgehead atoms. The Hall–Kier alpha value is -2.89. The SMILES string of the molecule is COc1cccc(NC(=O)CC(=O)NCc2ccccc2F)c1. The molecule has 23 heavy (non-hydrogen) atoms. The molecule has 2 rings (SSSR count). The van der Waals surface area contributed by atoms with Crippen LogP contribution in [0.15, 0.2) is 48.5 Å². The first kappa shape index (κ1) is 16.5. The fraction of sp³-hybridized carbons (Fsp3) is 0.176. The normalized spacial score (nSPS) is 10.0. The van der Waals surface area contributed by atoms with Crippen molar-refractivity contribution in [3.05, 3.63) is 59.9 Å². The van der Waals surface area contributed by atoms with Gasteiger partial charge in [-0.15, -0.1) is 0 Å². The molecule has 0 radical (unpaired) electrons. The molecule has 2 amide bonds. The molecule has 0 heterocycles. The van der Waals surface area contributed by atoms with Crippen molar-refractivity contribution < 1.29 is 18.7 Å². The summed E-state index contributed by atoms with van der Waals surface area (Å²) in [5, 5.41) is 5.12. The Morgan fingerprint density at radius 3 is 2.61 bits per heavy atom. The second kappa shape index (κ2) is 7.93. The van der Waals surface area contributed by atoms with Crippen molar-refractivity contribution in [1.29, 1.82) is 0 Å². The van der Waals surface area contributed by atoms with Crippen LogP contribution >= 0.6 is 0 Å². The van der Waals surface area contributed by atoms with Gasteiger partial charge in [-0.05, 0) is 18.2 Å². The summed E-state index contributed by atoms with van der Waals surface area (Å²) >= 11 is 0. The van der Waals surface area contributed by atoms with E-state index >= 15 is 0 Å². The summed E-state index contributed by atoms with van der Waals surface area (Å²) in [6, 6.07) is 13.0. The van der Waals surface area contributed by atoms with E-state index in [1.54, 1.807) is 42.5 Å².